The summed E-state index contributed by atoms with van der Waals surface area (Å²) in [5.41, 5.74) is 4.52. The van der Waals surface area contributed by atoms with E-state index in [0.29, 0.717) is 6.54 Å². The summed E-state index contributed by atoms with van der Waals surface area (Å²) in [5.74, 6) is 2.60. The summed E-state index contributed by atoms with van der Waals surface area (Å²) in [6.45, 7) is 8.51. The first-order valence-corrected chi connectivity index (χ1v) is 9.82. The quantitative estimate of drug-likeness (QED) is 0.258. The molecule has 2 N–H and O–H groups in total. The van der Waals surface area contributed by atoms with Crippen LogP contribution in [0.15, 0.2) is 23.2 Å². The smallest absolute Gasteiger partial charge is 0.191 e. The maximum Gasteiger partial charge on any atom is 0.191 e. The normalized spacial score (nSPS) is 15.3. The van der Waals surface area contributed by atoms with Gasteiger partial charge in [0, 0.05) is 49.9 Å². The topological polar surface area (TPSA) is 72.7 Å². The van der Waals surface area contributed by atoms with Crippen LogP contribution in [0, 0.1) is 13.8 Å². The molecule has 2 heterocycles. The van der Waals surface area contributed by atoms with E-state index in [-0.39, 0.29) is 30.1 Å². The summed E-state index contributed by atoms with van der Waals surface area (Å²) in [7, 11) is 3.48. The lowest BCUT2D eigenvalue weighted by atomic mass is 10.1. The average molecular weight is 513 g/mol. The zero-order valence-electron chi connectivity index (χ0n) is 17.9. The van der Waals surface area contributed by atoms with Crippen molar-refractivity contribution in [3.8, 4) is 11.5 Å². The number of methoxy groups -OCH3 is 1. The lowest BCUT2D eigenvalue weighted by molar-refractivity contribution is 0.254. The minimum Gasteiger partial charge on any atom is -0.496 e. The predicted octanol–water partition coefficient (Wildman–Crippen LogP) is 3.21. The summed E-state index contributed by atoms with van der Waals surface area (Å²) in [6.07, 6.45) is 2.12. The van der Waals surface area contributed by atoms with Crippen molar-refractivity contribution in [1.29, 1.82) is 0 Å². The van der Waals surface area contributed by atoms with Crippen LogP contribution in [0.1, 0.15) is 35.9 Å². The minimum atomic E-state index is 0. The lowest BCUT2D eigenvalue weighted by Crippen LogP contribution is -2.37. The highest BCUT2D eigenvalue weighted by Crippen LogP contribution is 2.34. The van der Waals surface area contributed by atoms with Gasteiger partial charge in [-0.1, -0.05) is 0 Å². The second-order valence-electron chi connectivity index (χ2n) is 7.26. The lowest BCUT2D eigenvalue weighted by Gasteiger charge is -2.15. The van der Waals surface area contributed by atoms with Crippen molar-refractivity contribution in [2.24, 2.45) is 4.99 Å². The van der Waals surface area contributed by atoms with Crippen LogP contribution in [-0.4, -0.2) is 42.5 Å². The molecule has 0 fully saturated rings. The fourth-order valence-corrected chi connectivity index (χ4v) is 3.55. The second-order valence-corrected chi connectivity index (χ2v) is 7.26. The van der Waals surface area contributed by atoms with Gasteiger partial charge in [0.05, 0.1) is 12.8 Å². The van der Waals surface area contributed by atoms with Gasteiger partial charge < -0.3 is 20.1 Å². The van der Waals surface area contributed by atoms with E-state index in [2.05, 4.69) is 52.8 Å². The van der Waals surface area contributed by atoms with Crippen LogP contribution < -0.4 is 20.1 Å². The van der Waals surface area contributed by atoms with E-state index in [4.69, 9.17) is 9.47 Å². The molecule has 160 valence electrons. The number of halogens is 1. The van der Waals surface area contributed by atoms with Crippen molar-refractivity contribution in [2.45, 2.75) is 52.8 Å². The molecule has 0 bridgehead atoms. The highest BCUT2D eigenvalue weighted by atomic mass is 127. The van der Waals surface area contributed by atoms with Crippen LogP contribution in [0.3, 0.4) is 0 Å². The van der Waals surface area contributed by atoms with Gasteiger partial charge in [0.1, 0.15) is 17.6 Å². The summed E-state index contributed by atoms with van der Waals surface area (Å²) >= 11 is 0. The Balaban J connectivity index is 0.00000300. The Morgan fingerprint density at radius 2 is 2.10 bits per heavy atom. The van der Waals surface area contributed by atoms with E-state index in [0.717, 1.165) is 54.6 Å². The Morgan fingerprint density at radius 3 is 2.76 bits per heavy atom. The van der Waals surface area contributed by atoms with Crippen molar-refractivity contribution >= 4 is 29.9 Å². The number of hydrogen-bond donors (Lipinski definition) is 2. The van der Waals surface area contributed by atoms with Crippen molar-refractivity contribution in [1.82, 2.24) is 20.4 Å². The monoisotopic (exact) mass is 513 g/mol. The van der Waals surface area contributed by atoms with Crippen molar-refractivity contribution in [3.63, 3.8) is 0 Å². The largest absolute Gasteiger partial charge is 0.496 e. The molecule has 2 aromatic rings. The van der Waals surface area contributed by atoms with E-state index in [9.17, 15) is 0 Å². The maximum atomic E-state index is 5.88. The van der Waals surface area contributed by atoms with Crippen molar-refractivity contribution < 1.29 is 9.47 Å². The Bertz CT molecular complexity index is 850. The fraction of sp³-hybridized carbons (Fsp3) is 0.524. The zero-order chi connectivity index (χ0) is 20.1. The molecular weight excluding hydrogens is 481 g/mol. The second kappa shape index (κ2) is 10.7. The van der Waals surface area contributed by atoms with Crippen LogP contribution >= 0.6 is 24.0 Å². The summed E-state index contributed by atoms with van der Waals surface area (Å²) in [6, 6.07) is 6.25. The van der Waals surface area contributed by atoms with Gasteiger partial charge in [-0.2, -0.15) is 5.10 Å². The molecule has 0 aliphatic carbocycles. The number of nitrogens with one attached hydrogen (secondary N) is 2. The molecule has 1 aliphatic rings. The van der Waals surface area contributed by atoms with Crippen LogP contribution in [0.2, 0.25) is 0 Å². The number of aryl methyl sites for hydroxylation is 3. The van der Waals surface area contributed by atoms with E-state index in [1.165, 1.54) is 11.3 Å². The minimum absolute atomic E-state index is 0. The van der Waals surface area contributed by atoms with Crippen LogP contribution in [0.25, 0.3) is 0 Å². The van der Waals surface area contributed by atoms with Crippen LogP contribution in [-0.2, 0) is 19.5 Å². The summed E-state index contributed by atoms with van der Waals surface area (Å²) < 4.78 is 13.5. The van der Waals surface area contributed by atoms with Gasteiger partial charge in [0.25, 0.3) is 0 Å². The maximum absolute atomic E-state index is 5.88. The number of aliphatic imine (C=N–C) groups is 1. The molecule has 29 heavy (non-hydrogen) atoms. The number of ether oxygens (including phenoxy) is 2. The number of benzene rings is 1. The first-order valence-electron chi connectivity index (χ1n) is 9.82. The molecule has 3 rings (SSSR count). The van der Waals surface area contributed by atoms with E-state index < -0.39 is 0 Å². The Labute approximate surface area is 190 Å². The third-order valence-corrected chi connectivity index (χ3v) is 4.91. The molecule has 0 saturated heterocycles. The molecule has 8 heteroatoms. The SMILES string of the molecule is CN=C(NCCCn1nc(C)cc1C)NCc1cc2c(cc1OC)CC(C)O2.I. The number of fused-ring (bicyclic) bond motifs is 1. The van der Waals surface area contributed by atoms with Gasteiger partial charge >= 0.3 is 0 Å². The number of aromatic nitrogens is 2. The molecule has 1 unspecified atom stereocenters. The van der Waals surface area contributed by atoms with Crippen molar-refractivity contribution in [3.05, 3.63) is 40.7 Å². The van der Waals surface area contributed by atoms with Crippen LogP contribution in [0.4, 0.5) is 0 Å². The Hall–Kier alpha value is -1.97. The molecule has 0 radical (unpaired) electrons. The average Bonchev–Trinajstić information content (AvgIpc) is 3.19. The van der Waals surface area contributed by atoms with Gasteiger partial charge in [0.15, 0.2) is 5.96 Å². The highest BCUT2D eigenvalue weighted by molar-refractivity contribution is 14.0. The number of nitrogens with zero attached hydrogens (tertiary/aromatic N) is 3. The van der Waals surface area contributed by atoms with E-state index in [1.807, 2.05) is 11.6 Å². The van der Waals surface area contributed by atoms with Gasteiger partial charge in [-0.3, -0.25) is 9.67 Å². The Morgan fingerprint density at radius 1 is 1.31 bits per heavy atom. The van der Waals surface area contributed by atoms with Gasteiger partial charge in [-0.15, -0.1) is 24.0 Å². The van der Waals surface area contributed by atoms with Gasteiger partial charge in [-0.25, -0.2) is 0 Å². The third-order valence-electron chi connectivity index (χ3n) is 4.91. The van der Waals surface area contributed by atoms with E-state index >= 15 is 0 Å². The molecule has 1 aromatic heterocycles. The van der Waals surface area contributed by atoms with E-state index in [1.54, 1.807) is 14.2 Å². The number of hydrogen-bond acceptors (Lipinski definition) is 4. The zero-order valence-corrected chi connectivity index (χ0v) is 20.2. The molecule has 1 atom stereocenters. The molecule has 0 amide bonds. The first kappa shape index (κ1) is 23.3. The molecule has 0 saturated carbocycles. The highest BCUT2D eigenvalue weighted by Gasteiger charge is 2.21. The first-order chi connectivity index (χ1) is 13.5. The van der Waals surface area contributed by atoms with Gasteiger partial charge in [-0.05, 0) is 45.4 Å². The predicted molar refractivity (Wildman–Crippen MR) is 127 cm³/mol. The molecule has 7 nitrogen and oxygen atoms in total. The standard InChI is InChI=1S/C21H31N5O2.HI/c1-14-9-15(2)26(25-14)8-6-7-23-21(22-4)24-13-18-12-20-17(10-16(3)28-20)11-19(18)27-5;/h9,11-12,16H,6-8,10,13H2,1-5H3,(H2,22,23,24);1H. The Kier molecular flexibility index (Phi) is 8.60. The van der Waals surface area contributed by atoms with Crippen molar-refractivity contribution in [2.75, 3.05) is 20.7 Å². The molecule has 1 aromatic carbocycles. The van der Waals surface area contributed by atoms with Crippen LogP contribution in [0.5, 0.6) is 11.5 Å². The molecule has 1 aliphatic heterocycles. The summed E-state index contributed by atoms with van der Waals surface area (Å²) in [5, 5.41) is 11.2. The number of guanidine groups is 1. The fourth-order valence-electron chi connectivity index (χ4n) is 3.55. The molecular formula is C21H32IN5O2. The third kappa shape index (κ3) is 6.01. The number of rotatable bonds is 7. The summed E-state index contributed by atoms with van der Waals surface area (Å²) in [4.78, 5) is 4.31. The molecule has 0 spiro atoms. The van der Waals surface area contributed by atoms with Gasteiger partial charge in [0.2, 0.25) is 0 Å².